The number of hydrogen-bond acceptors (Lipinski definition) is 4. The fourth-order valence-corrected chi connectivity index (χ4v) is 2.27. The molecule has 102 valence electrons. The maximum atomic E-state index is 5.93. The van der Waals surface area contributed by atoms with E-state index in [-0.39, 0.29) is 0 Å². The highest BCUT2D eigenvalue weighted by Gasteiger charge is 2.12. The smallest absolute Gasteiger partial charge is 0.161 e. The third-order valence-electron chi connectivity index (χ3n) is 3.29. The zero-order chi connectivity index (χ0) is 14.1. The summed E-state index contributed by atoms with van der Waals surface area (Å²) in [7, 11) is 3.23. The van der Waals surface area contributed by atoms with Crippen LogP contribution in [0.1, 0.15) is 0 Å². The average molecular weight is 269 g/mol. The number of ether oxygens (including phenoxy) is 2. The van der Waals surface area contributed by atoms with Gasteiger partial charge in [-0.05, 0) is 24.3 Å². The largest absolute Gasteiger partial charge is 0.493 e. The predicted molar refractivity (Wildman–Crippen MR) is 79.0 cm³/mol. The molecule has 0 amide bonds. The number of rotatable bonds is 3. The van der Waals surface area contributed by atoms with E-state index in [1.54, 1.807) is 14.2 Å². The van der Waals surface area contributed by atoms with Crippen LogP contribution in [-0.4, -0.2) is 24.4 Å². The SMILES string of the molecule is COc1ccc(-c2n[nH]c3c(N)cccc23)cc1OC. The number of aromatic nitrogens is 2. The van der Waals surface area contributed by atoms with Crippen LogP contribution in [0.4, 0.5) is 5.69 Å². The molecule has 0 aliphatic heterocycles. The first-order valence-corrected chi connectivity index (χ1v) is 6.19. The molecule has 0 fully saturated rings. The fourth-order valence-electron chi connectivity index (χ4n) is 2.27. The predicted octanol–water partition coefficient (Wildman–Crippen LogP) is 2.83. The van der Waals surface area contributed by atoms with Gasteiger partial charge in [0.2, 0.25) is 0 Å². The fraction of sp³-hybridized carbons (Fsp3) is 0.133. The molecule has 5 nitrogen and oxygen atoms in total. The van der Waals surface area contributed by atoms with E-state index in [0.717, 1.165) is 22.2 Å². The number of nitrogens with one attached hydrogen (secondary N) is 1. The summed E-state index contributed by atoms with van der Waals surface area (Å²) in [5, 5.41) is 8.31. The lowest BCUT2D eigenvalue weighted by atomic mass is 10.1. The third-order valence-corrected chi connectivity index (χ3v) is 3.29. The van der Waals surface area contributed by atoms with Crippen molar-refractivity contribution in [2.24, 2.45) is 0 Å². The number of nitrogen functional groups attached to an aromatic ring is 1. The number of fused-ring (bicyclic) bond motifs is 1. The highest BCUT2D eigenvalue weighted by molar-refractivity contribution is 5.98. The molecule has 0 saturated heterocycles. The number of nitrogens with two attached hydrogens (primary N) is 1. The number of aromatic amines is 1. The molecule has 5 heteroatoms. The first-order valence-electron chi connectivity index (χ1n) is 6.19. The Morgan fingerprint density at radius 1 is 1.05 bits per heavy atom. The van der Waals surface area contributed by atoms with Crippen molar-refractivity contribution in [3.8, 4) is 22.8 Å². The summed E-state index contributed by atoms with van der Waals surface area (Å²) in [6.45, 7) is 0. The van der Waals surface area contributed by atoms with Gasteiger partial charge in [0.15, 0.2) is 11.5 Å². The number of hydrogen-bond donors (Lipinski definition) is 2. The lowest BCUT2D eigenvalue weighted by Crippen LogP contribution is -1.91. The Labute approximate surface area is 116 Å². The van der Waals surface area contributed by atoms with Crippen molar-refractivity contribution >= 4 is 16.6 Å². The summed E-state index contributed by atoms with van der Waals surface area (Å²) in [4.78, 5) is 0. The van der Waals surface area contributed by atoms with Crippen LogP contribution in [-0.2, 0) is 0 Å². The van der Waals surface area contributed by atoms with Gasteiger partial charge in [-0.25, -0.2) is 0 Å². The Hall–Kier alpha value is -2.69. The number of benzene rings is 2. The van der Waals surface area contributed by atoms with Crippen molar-refractivity contribution < 1.29 is 9.47 Å². The maximum Gasteiger partial charge on any atom is 0.161 e. The minimum absolute atomic E-state index is 0.671. The number of H-pyrrole nitrogens is 1. The van der Waals surface area contributed by atoms with E-state index in [4.69, 9.17) is 15.2 Å². The molecular formula is C15H15N3O2. The molecule has 0 unspecified atom stereocenters. The van der Waals surface area contributed by atoms with Crippen molar-refractivity contribution in [2.75, 3.05) is 20.0 Å². The van der Waals surface area contributed by atoms with Gasteiger partial charge in [0, 0.05) is 10.9 Å². The molecule has 0 saturated carbocycles. The summed E-state index contributed by atoms with van der Waals surface area (Å²) in [6.07, 6.45) is 0. The second kappa shape index (κ2) is 4.77. The number of methoxy groups -OCH3 is 2. The number of nitrogens with zero attached hydrogens (tertiary/aromatic N) is 1. The zero-order valence-electron chi connectivity index (χ0n) is 11.3. The lowest BCUT2D eigenvalue weighted by molar-refractivity contribution is 0.355. The molecular weight excluding hydrogens is 254 g/mol. The van der Waals surface area contributed by atoms with Gasteiger partial charge in [0.05, 0.1) is 25.4 Å². The minimum atomic E-state index is 0.671. The molecule has 3 aromatic rings. The van der Waals surface area contributed by atoms with Crippen LogP contribution in [0.15, 0.2) is 36.4 Å². The van der Waals surface area contributed by atoms with Crippen LogP contribution < -0.4 is 15.2 Å². The Kier molecular flexibility index (Phi) is 2.95. The van der Waals surface area contributed by atoms with Gasteiger partial charge < -0.3 is 15.2 Å². The van der Waals surface area contributed by atoms with E-state index in [2.05, 4.69) is 10.2 Å². The third kappa shape index (κ3) is 1.84. The van der Waals surface area contributed by atoms with Gasteiger partial charge in [0.1, 0.15) is 5.69 Å². The van der Waals surface area contributed by atoms with Crippen molar-refractivity contribution in [3.05, 3.63) is 36.4 Å². The Morgan fingerprint density at radius 3 is 2.60 bits per heavy atom. The molecule has 0 aliphatic carbocycles. The van der Waals surface area contributed by atoms with Crippen LogP contribution >= 0.6 is 0 Å². The minimum Gasteiger partial charge on any atom is -0.493 e. The van der Waals surface area contributed by atoms with E-state index in [0.29, 0.717) is 17.2 Å². The highest BCUT2D eigenvalue weighted by Crippen LogP contribution is 2.35. The van der Waals surface area contributed by atoms with Crippen LogP contribution in [0.25, 0.3) is 22.2 Å². The first kappa shape index (κ1) is 12.3. The van der Waals surface area contributed by atoms with Gasteiger partial charge in [-0.15, -0.1) is 0 Å². The molecule has 3 rings (SSSR count). The lowest BCUT2D eigenvalue weighted by Gasteiger charge is -2.08. The van der Waals surface area contributed by atoms with Crippen molar-refractivity contribution in [1.29, 1.82) is 0 Å². The Morgan fingerprint density at radius 2 is 1.85 bits per heavy atom. The summed E-state index contributed by atoms with van der Waals surface area (Å²) < 4.78 is 10.6. The van der Waals surface area contributed by atoms with Crippen LogP contribution in [0.2, 0.25) is 0 Å². The quantitative estimate of drug-likeness (QED) is 0.717. The molecule has 2 aromatic carbocycles. The monoisotopic (exact) mass is 269 g/mol. The summed E-state index contributed by atoms with van der Waals surface area (Å²) in [5.41, 5.74) is 9.25. The summed E-state index contributed by atoms with van der Waals surface area (Å²) >= 11 is 0. The van der Waals surface area contributed by atoms with E-state index >= 15 is 0 Å². The average Bonchev–Trinajstić information content (AvgIpc) is 2.92. The summed E-state index contributed by atoms with van der Waals surface area (Å²) in [5.74, 6) is 1.36. The highest BCUT2D eigenvalue weighted by atomic mass is 16.5. The molecule has 0 radical (unpaired) electrons. The standard InChI is InChI=1S/C15H15N3O2/c1-19-12-7-6-9(8-13(12)20-2)14-10-4-3-5-11(16)15(10)18-17-14/h3-8H,16H2,1-2H3,(H,17,18). The second-order valence-electron chi connectivity index (χ2n) is 4.41. The molecule has 1 heterocycles. The van der Waals surface area contributed by atoms with E-state index in [9.17, 15) is 0 Å². The van der Waals surface area contributed by atoms with Gasteiger partial charge in [-0.2, -0.15) is 5.10 Å². The molecule has 0 aliphatic rings. The normalized spacial score (nSPS) is 10.7. The summed E-state index contributed by atoms with van der Waals surface area (Å²) in [6, 6.07) is 11.5. The molecule has 0 spiro atoms. The topological polar surface area (TPSA) is 73.2 Å². The number of para-hydroxylation sites is 1. The van der Waals surface area contributed by atoms with Crippen molar-refractivity contribution in [3.63, 3.8) is 0 Å². The van der Waals surface area contributed by atoms with Gasteiger partial charge in [-0.1, -0.05) is 12.1 Å². The Bertz CT molecular complexity index is 765. The van der Waals surface area contributed by atoms with Crippen LogP contribution in [0, 0.1) is 0 Å². The molecule has 0 bridgehead atoms. The Balaban J connectivity index is 2.18. The maximum absolute atomic E-state index is 5.93. The molecule has 20 heavy (non-hydrogen) atoms. The molecule has 0 atom stereocenters. The molecule has 1 aromatic heterocycles. The van der Waals surface area contributed by atoms with E-state index in [1.807, 2.05) is 36.4 Å². The van der Waals surface area contributed by atoms with Gasteiger partial charge >= 0.3 is 0 Å². The first-order chi connectivity index (χ1) is 9.74. The van der Waals surface area contributed by atoms with Gasteiger partial charge in [0.25, 0.3) is 0 Å². The zero-order valence-corrected chi connectivity index (χ0v) is 11.3. The van der Waals surface area contributed by atoms with E-state index in [1.165, 1.54) is 0 Å². The van der Waals surface area contributed by atoms with E-state index < -0.39 is 0 Å². The molecule has 3 N–H and O–H groups in total. The number of anilines is 1. The van der Waals surface area contributed by atoms with Crippen molar-refractivity contribution in [1.82, 2.24) is 10.2 Å². The van der Waals surface area contributed by atoms with Crippen LogP contribution in [0.3, 0.4) is 0 Å². The van der Waals surface area contributed by atoms with Gasteiger partial charge in [-0.3, -0.25) is 5.10 Å². The van der Waals surface area contributed by atoms with Crippen LogP contribution in [0.5, 0.6) is 11.5 Å². The van der Waals surface area contributed by atoms with Crippen molar-refractivity contribution in [2.45, 2.75) is 0 Å². The second-order valence-corrected chi connectivity index (χ2v) is 4.41.